The summed E-state index contributed by atoms with van der Waals surface area (Å²) in [5, 5.41) is 3.46. The van der Waals surface area contributed by atoms with Crippen LogP contribution in [-0.4, -0.2) is 61.7 Å². The highest BCUT2D eigenvalue weighted by atomic mass is 127. The van der Waals surface area contributed by atoms with E-state index in [0.29, 0.717) is 12.2 Å². The van der Waals surface area contributed by atoms with Crippen LogP contribution >= 0.6 is 24.0 Å². The van der Waals surface area contributed by atoms with Gasteiger partial charge >= 0.3 is 0 Å². The Hall–Kier alpha value is -0.860. The Bertz CT molecular complexity index is 554. The molecule has 2 unspecified atom stereocenters. The number of halogens is 1. The fourth-order valence-electron chi connectivity index (χ4n) is 3.50. The van der Waals surface area contributed by atoms with Crippen LogP contribution in [0.25, 0.3) is 0 Å². The maximum atomic E-state index is 5.82. The van der Waals surface area contributed by atoms with E-state index >= 15 is 0 Å². The predicted molar refractivity (Wildman–Crippen MR) is 125 cm³/mol. The molecule has 154 valence electrons. The van der Waals surface area contributed by atoms with E-state index in [4.69, 9.17) is 4.74 Å². The molecule has 1 N–H and O–H groups in total. The van der Waals surface area contributed by atoms with Crippen LogP contribution in [0.4, 0.5) is 0 Å². The third kappa shape index (κ3) is 8.35. The third-order valence-corrected chi connectivity index (χ3v) is 4.80. The molecule has 1 aromatic carbocycles. The van der Waals surface area contributed by atoms with Gasteiger partial charge < -0.3 is 15.0 Å². The van der Waals surface area contributed by atoms with Gasteiger partial charge in [0, 0.05) is 46.8 Å². The number of nitrogens with zero attached hydrogens (tertiary/aromatic N) is 3. The highest BCUT2D eigenvalue weighted by molar-refractivity contribution is 14.0. The van der Waals surface area contributed by atoms with Crippen molar-refractivity contribution in [2.75, 3.05) is 33.7 Å². The van der Waals surface area contributed by atoms with Crippen molar-refractivity contribution >= 4 is 29.9 Å². The van der Waals surface area contributed by atoms with Crippen molar-refractivity contribution < 1.29 is 4.74 Å². The molecule has 0 spiro atoms. The molecule has 0 radical (unpaired) electrons. The van der Waals surface area contributed by atoms with Crippen LogP contribution < -0.4 is 5.32 Å². The summed E-state index contributed by atoms with van der Waals surface area (Å²) in [4.78, 5) is 9.05. The summed E-state index contributed by atoms with van der Waals surface area (Å²) in [6.07, 6.45) is 3.02. The van der Waals surface area contributed by atoms with E-state index in [1.165, 1.54) is 24.0 Å². The molecule has 0 amide bonds. The molecule has 2 atom stereocenters. The number of guanidine groups is 1. The molecule has 0 aromatic heterocycles. The third-order valence-electron chi connectivity index (χ3n) is 4.80. The molecule has 1 aliphatic rings. The number of rotatable bonds is 7. The molecule has 0 aliphatic carbocycles. The molecule has 0 bridgehead atoms. The first-order chi connectivity index (χ1) is 12.5. The molecule has 0 saturated carbocycles. The lowest BCUT2D eigenvalue weighted by Gasteiger charge is -2.35. The van der Waals surface area contributed by atoms with Gasteiger partial charge in [-0.15, -0.1) is 24.0 Å². The number of morpholine rings is 1. The van der Waals surface area contributed by atoms with Crippen molar-refractivity contribution in [3.8, 4) is 0 Å². The second-order valence-corrected chi connectivity index (χ2v) is 7.44. The average molecular weight is 488 g/mol. The Labute approximate surface area is 182 Å². The van der Waals surface area contributed by atoms with Crippen LogP contribution in [0.3, 0.4) is 0 Å². The zero-order valence-electron chi connectivity index (χ0n) is 17.6. The summed E-state index contributed by atoms with van der Waals surface area (Å²) in [5.41, 5.74) is 2.64. The Balaban J connectivity index is 0.00000364. The lowest BCUT2D eigenvalue weighted by atomic mass is 10.1. The zero-order valence-corrected chi connectivity index (χ0v) is 19.9. The maximum absolute atomic E-state index is 5.82. The van der Waals surface area contributed by atoms with Crippen molar-refractivity contribution in [2.45, 2.75) is 58.9 Å². The molecule has 1 aromatic rings. The van der Waals surface area contributed by atoms with E-state index in [2.05, 4.69) is 72.2 Å². The number of ether oxygens (including phenoxy) is 1. The number of hydrogen-bond acceptors (Lipinski definition) is 3. The quantitative estimate of drug-likeness (QED) is 0.361. The van der Waals surface area contributed by atoms with E-state index in [-0.39, 0.29) is 24.0 Å². The lowest BCUT2D eigenvalue weighted by molar-refractivity contribution is -0.0704. The van der Waals surface area contributed by atoms with Crippen LogP contribution in [0.1, 0.15) is 44.7 Å². The second kappa shape index (κ2) is 12.6. The highest BCUT2D eigenvalue weighted by Crippen LogP contribution is 2.14. The molecule has 27 heavy (non-hydrogen) atoms. The topological polar surface area (TPSA) is 40.1 Å². The zero-order chi connectivity index (χ0) is 18.9. The van der Waals surface area contributed by atoms with Crippen LogP contribution in [0.5, 0.6) is 0 Å². The number of aliphatic imine (C=N–C) groups is 1. The van der Waals surface area contributed by atoms with E-state index in [1.54, 1.807) is 0 Å². The molecular weight excluding hydrogens is 451 g/mol. The fourth-order valence-corrected chi connectivity index (χ4v) is 3.50. The number of hydrogen-bond donors (Lipinski definition) is 1. The Kier molecular flexibility index (Phi) is 11.3. The normalized spacial score (nSPS) is 20.9. The van der Waals surface area contributed by atoms with Gasteiger partial charge in [0.25, 0.3) is 0 Å². The Morgan fingerprint density at radius 1 is 1.19 bits per heavy atom. The van der Waals surface area contributed by atoms with Crippen LogP contribution in [0.2, 0.25) is 0 Å². The van der Waals surface area contributed by atoms with Crippen molar-refractivity contribution in [1.82, 2.24) is 15.1 Å². The second-order valence-electron chi connectivity index (χ2n) is 7.44. The smallest absolute Gasteiger partial charge is 0.193 e. The molecule has 1 saturated heterocycles. The van der Waals surface area contributed by atoms with Gasteiger partial charge in [-0.2, -0.15) is 0 Å². The first kappa shape index (κ1) is 24.2. The number of nitrogens with one attached hydrogen (secondary N) is 1. The molecule has 1 fully saturated rings. The van der Waals surface area contributed by atoms with Gasteiger partial charge in [-0.25, -0.2) is 0 Å². The maximum Gasteiger partial charge on any atom is 0.193 e. The van der Waals surface area contributed by atoms with Gasteiger partial charge in [0.2, 0.25) is 0 Å². The highest BCUT2D eigenvalue weighted by Gasteiger charge is 2.21. The van der Waals surface area contributed by atoms with Crippen molar-refractivity contribution in [1.29, 1.82) is 0 Å². The van der Waals surface area contributed by atoms with Gasteiger partial charge in [0.15, 0.2) is 5.96 Å². The molecule has 1 heterocycles. The Morgan fingerprint density at radius 3 is 2.33 bits per heavy atom. The average Bonchev–Trinajstić information content (AvgIpc) is 2.61. The first-order valence-corrected chi connectivity index (χ1v) is 9.89. The molecule has 5 nitrogen and oxygen atoms in total. The largest absolute Gasteiger partial charge is 0.373 e. The number of benzene rings is 1. The van der Waals surface area contributed by atoms with Crippen molar-refractivity contribution in [3.63, 3.8) is 0 Å². The SMILES string of the molecule is CCCCN(C)C(=NC)NCc1ccc(CN2CC(C)OC(C)C2)cc1.I. The summed E-state index contributed by atoms with van der Waals surface area (Å²) >= 11 is 0. The van der Waals surface area contributed by atoms with E-state index in [0.717, 1.165) is 38.7 Å². The van der Waals surface area contributed by atoms with Crippen molar-refractivity contribution in [3.05, 3.63) is 35.4 Å². The Morgan fingerprint density at radius 2 is 1.78 bits per heavy atom. The summed E-state index contributed by atoms with van der Waals surface area (Å²) in [6, 6.07) is 8.92. The fraction of sp³-hybridized carbons (Fsp3) is 0.667. The van der Waals surface area contributed by atoms with E-state index in [1.807, 2.05) is 7.05 Å². The minimum Gasteiger partial charge on any atom is -0.373 e. The van der Waals surface area contributed by atoms with Gasteiger partial charge in [-0.3, -0.25) is 9.89 Å². The van der Waals surface area contributed by atoms with Gasteiger partial charge in [-0.1, -0.05) is 37.6 Å². The van der Waals surface area contributed by atoms with Crippen LogP contribution in [-0.2, 0) is 17.8 Å². The summed E-state index contributed by atoms with van der Waals surface area (Å²) < 4.78 is 5.82. The molecule has 6 heteroatoms. The summed E-state index contributed by atoms with van der Waals surface area (Å²) in [6.45, 7) is 11.4. The minimum absolute atomic E-state index is 0. The summed E-state index contributed by atoms with van der Waals surface area (Å²) in [5.74, 6) is 0.957. The van der Waals surface area contributed by atoms with Crippen LogP contribution in [0.15, 0.2) is 29.3 Å². The van der Waals surface area contributed by atoms with Gasteiger partial charge in [-0.05, 0) is 31.4 Å². The molecule has 2 rings (SSSR count). The van der Waals surface area contributed by atoms with Gasteiger partial charge in [0.05, 0.1) is 12.2 Å². The minimum atomic E-state index is 0. The predicted octanol–water partition coefficient (Wildman–Crippen LogP) is 3.72. The molecule has 1 aliphatic heterocycles. The van der Waals surface area contributed by atoms with Crippen molar-refractivity contribution in [2.24, 2.45) is 4.99 Å². The van der Waals surface area contributed by atoms with Crippen LogP contribution in [0, 0.1) is 0 Å². The summed E-state index contributed by atoms with van der Waals surface area (Å²) in [7, 11) is 3.94. The van der Waals surface area contributed by atoms with Gasteiger partial charge in [0.1, 0.15) is 0 Å². The lowest BCUT2D eigenvalue weighted by Crippen LogP contribution is -2.44. The van der Waals surface area contributed by atoms with E-state index < -0.39 is 0 Å². The number of unbranched alkanes of at least 4 members (excludes halogenated alkanes) is 1. The molecular formula is C21H37IN4O. The standard InChI is InChI=1S/C21H36N4O.HI/c1-6-7-12-24(5)21(22-4)23-13-19-8-10-20(11-9-19)16-25-14-17(2)26-18(3)15-25;/h8-11,17-18H,6-7,12-16H2,1-5H3,(H,22,23);1H. The monoisotopic (exact) mass is 488 g/mol. The first-order valence-electron chi connectivity index (χ1n) is 9.89. The van der Waals surface area contributed by atoms with E-state index in [9.17, 15) is 0 Å².